The molecule has 0 saturated heterocycles. The van der Waals surface area contributed by atoms with Crippen molar-refractivity contribution in [2.75, 3.05) is 0 Å². The highest BCUT2D eigenvalue weighted by Crippen LogP contribution is 2.23. The van der Waals surface area contributed by atoms with Gasteiger partial charge < -0.3 is 9.84 Å². The minimum Gasteiger partial charge on any atom is -0.486 e. The topological polar surface area (TPSA) is 46.5 Å². The molecule has 0 aromatic heterocycles. The quantitative estimate of drug-likeness (QED) is 0.913. The van der Waals surface area contributed by atoms with Gasteiger partial charge in [-0.25, -0.2) is 13.6 Å². The average Bonchev–Trinajstić information content (AvgIpc) is 2.39. The van der Waals surface area contributed by atoms with Crippen LogP contribution in [0, 0.1) is 11.6 Å². The number of aromatic carboxylic acids is 1. The van der Waals surface area contributed by atoms with Gasteiger partial charge in [0, 0.05) is 10.0 Å². The molecule has 0 radical (unpaired) electrons. The Bertz CT molecular complexity index is 659. The van der Waals surface area contributed by atoms with Gasteiger partial charge in [-0.1, -0.05) is 28.1 Å². The number of carboxylic acid groups (broad SMARTS) is 1. The molecule has 0 bridgehead atoms. The number of benzene rings is 2. The lowest BCUT2D eigenvalue weighted by Crippen LogP contribution is -2.06. The second-order valence-electron chi connectivity index (χ2n) is 3.95. The summed E-state index contributed by atoms with van der Waals surface area (Å²) in [7, 11) is 0. The van der Waals surface area contributed by atoms with E-state index in [-0.39, 0.29) is 17.9 Å². The van der Waals surface area contributed by atoms with E-state index < -0.39 is 23.2 Å². The number of halogens is 3. The fourth-order valence-electron chi connectivity index (χ4n) is 1.60. The van der Waals surface area contributed by atoms with Crippen LogP contribution in [0.4, 0.5) is 8.78 Å². The Labute approximate surface area is 121 Å². The minimum absolute atomic E-state index is 0.0340. The Hall–Kier alpha value is -1.95. The van der Waals surface area contributed by atoms with Crippen LogP contribution in [0.1, 0.15) is 15.9 Å². The van der Waals surface area contributed by atoms with E-state index >= 15 is 0 Å². The van der Waals surface area contributed by atoms with Crippen molar-refractivity contribution >= 4 is 21.9 Å². The molecule has 20 heavy (non-hydrogen) atoms. The van der Waals surface area contributed by atoms with Gasteiger partial charge in [0.05, 0.1) is 5.56 Å². The molecule has 2 aromatic carbocycles. The smallest absolute Gasteiger partial charge is 0.338 e. The van der Waals surface area contributed by atoms with Gasteiger partial charge in [-0.2, -0.15) is 0 Å². The molecular weight excluding hydrogens is 334 g/mol. The van der Waals surface area contributed by atoms with Crippen molar-refractivity contribution in [3.63, 3.8) is 0 Å². The number of hydrogen-bond acceptors (Lipinski definition) is 2. The van der Waals surface area contributed by atoms with Gasteiger partial charge in [-0.15, -0.1) is 0 Å². The van der Waals surface area contributed by atoms with Crippen LogP contribution in [0.5, 0.6) is 5.75 Å². The van der Waals surface area contributed by atoms with Gasteiger partial charge >= 0.3 is 5.97 Å². The third-order valence-electron chi connectivity index (χ3n) is 2.59. The Morgan fingerprint density at radius 1 is 1.25 bits per heavy atom. The first-order chi connectivity index (χ1) is 9.49. The highest BCUT2D eigenvalue weighted by atomic mass is 79.9. The molecule has 0 atom stereocenters. The van der Waals surface area contributed by atoms with E-state index in [1.807, 2.05) is 0 Å². The Morgan fingerprint density at radius 3 is 2.65 bits per heavy atom. The first kappa shape index (κ1) is 14.5. The third kappa shape index (κ3) is 3.14. The summed E-state index contributed by atoms with van der Waals surface area (Å²) in [6, 6.07) is 8.16. The molecule has 0 heterocycles. The summed E-state index contributed by atoms with van der Waals surface area (Å²) in [5.74, 6) is -2.86. The van der Waals surface area contributed by atoms with E-state index in [1.54, 1.807) is 6.07 Å². The van der Waals surface area contributed by atoms with Crippen molar-refractivity contribution in [1.82, 2.24) is 0 Å². The molecule has 0 amide bonds. The molecule has 3 nitrogen and oxygen atoms in total. The highest BCUT2D eigenvalue weighted by Gasteiger charge is 2.14. The monoisotopic (exact) mass is 342 g/mol. The van der Waals surface area contributed by atoms with Crippen molar-refractivity contribution in [2.45, 2.75) is 6.61 Å². The van der Waals surface area contributed by atoms with Gasteiger partial charge in [0.1, 0.15) is 12.4 Å². The van der Waals surface area contributed by atoms with E-state index in [1.165, 1.54) is 24.3 Å². The molecule has 0 aliphatic rings. The number of rotatable bonds is 4. The summed E-state index contributed by atoms with van der Waals surface area (Å²) in [5.41, 5.74) is -0.394. The van der Waals surface area contributed by atoms with Crippen molar-refractivity contribution in [3.05, 3.63) is 63.6 Å². The molecule has 104 valence electrons. The first-order valence-corrected chi connectivity index (χ1v) is 6.37. The lowest BCUT2D eigenvalue weighted by molar-refractivity contribution is 0.0691. The Balaban J connectivity index is 2.19. The molecule has 2 rings (SSSR count). The molecular formula is C14H9BrF2O3. The molecule has 0 unspecified atom stereocenters. The summed E-state index contributed by atoms with van der Waals surface area (Å²) in [4.78, 5) is 10.8. The summed E-state index contributed by atoms with van der Waals surface area (Å²) in [6.45, 7) is -0.258. The van der Waals surface area contributed by atoms with E-state index in [4.69, 9.17) is 9.84 Å². The molecule has 0 spiro atoms. The van der Waals surface area contributed by atoms with Gasteiger partial charge in [0.15, 0.2) is 11.6 Å². The zero-order valence-corrected chi connectivity index (χ0v) is 11.7. The van der Waals surface area contributed by atoms with E-state index in [0.717, 1.165) is 6.07 Å². The van der Waals surface area contributed by atoms with Crippen LogP contribution in [0.2, 0.25) is 0 Å². The lowest BCUT2D eigenvalue weighted by Gasteiger charge is -2.09. The Kier molecular flexibility index (Phi) is 4.34. The normalized spacial score (nSPS) is 10.3. The van der Waals surface area contributed by atoms with E-state index in [9.17, 15) is 13.6 Å². The van der Waals surface area contributed by atoms with Gasteiger partial charge in [0.2, 0.25) is 0 Å². The van der Waals surface area contributed by atoms with Crippen LogP contribution in [-0.2, 0) is 6.61 Å². The van der Waals surface area contributed by atoms with Crippen LogP contribution < -0.4 is 4.74 Å². The highest BCUT2D eigenvalue weighted by molar-refractivity contribution is 9.10. The van der Waals surface area contributed by atoms with Gasteiger partial charge in [0.25, 0.3) is 0 Å². The predicted octanol–water partition coefficient (Wildman–Crippen LogP) is 4.00. The maximum absolute atomic E-state index is 13.8. The zero-order valence-electron chi connectivity index (χ0n) is 10.1. The Morgan fingerprint density at radius 2 is 2.00 bits per heavy atom. The average molecular weight is 343 g/mol. The zero-order chi connectivity index (χ0) is 14.7. The van der Waals surface area contributed by atoms with Crippen LogP contribution in [0.3, 0.4) is 0 Å². The second-order valence-corrected chi connectivity index (χ2v) is 4.86. The van der Waals surface area contributed by atoms with Crippen LogP contribution in [0.15, 0.2) is 40.9 Å². The molecule has 2 aromatic rings. The maximum atomic E-state index is 13.8. The van der Waals surface area contributed by atoms with Crippen molar-refractivity contribution in [2.24, 2.45) is 0 Å². The summed E-state index contributed by atoms with van der Waals surface area (Å²) < 4.78 is 33.1. The predicted molar refractivity (Wildman–Crippen MR) is 71.8 cm³/mol. The molecule has 6 heteroatoms. The molecule has 0 saturated carbocycles. The molecule has 0 aliphatic heterocycles. The molecule has 0 aliphatic carbocycles. The summed E-state index contributed by atoms with van der Waals surface area (Å²) in [6.07, 6.45) is 0. The molecule has 1 N–H and O–H groups in total. The van der Waals surface area contributed by atoms with Crippen molar-refractivity contribution < 1.29 is 23.4 Å². The standard InChI is InChI=1S/C14H9BrF2O3/c15-9-4-5-12(11(16)6-9)20-7-8-2-1-3-10(13(8)17)14(18)19/h1-6H,7H2,(H,18,19). The van der Waals surface area contributed by atoms with Gasteiger partial charge in [-0.05, 0) is 24.3 Å². The SMILES string of the molecule is O=C(O)c1cccc(COc2ccc(Br)cc2F)c1F. The van der Waals surface area contributed by atoms with Crippen LogP contribution in [0.25, 0.3) is 0 Å². The number of hydrogen-bond donors (Lipinski definition) is 1. The summed E-state index contributed by atoms with van der Waals surface area (Å²) in [5, 5.41) is 8.80. The fourth-order valence-corrected chi connectivity index (χ4v) is 1.94. The van der Waals surface area contributed by atoms with Crippen LogP contribution >= 0.6 is 15.9 Å². The minimum atomic E-state index is -1.36. The fraction of sp³-hybridized carbons (Fsp3) is 0.0714. The number of ether oxygens (including phenoxy) is 1. The van der Waals surface area contributed by atoms with Crippen molar-refractivity contribution in [1.29, 1.82) is 0 Å². The third-order valence-corrected chi connectivity index (χ3v) is 3.08. The first-order valence-electron chi connectivity index (χ1n) is 5.57. The van der Waals surface area contributed by atoms with Gasteiger partial charge in [-0.3, -0.25) is 0 Å². The van der Waals surface area contributed by atoms with Crippen molar-refractivity contribution in [3.8, 4) is 5.75 Å². The lowest BCUT2D eigenvalue weighted by atomic mass is 10.1. The summed E-state index contributed by atoms with van der Waals surface area (Å²) >= 11 is 3.11. The van der Waals surface area contributed by atoms with Crippen LogP contribution in [-0.4, -0.2) is 11.1 Å². The van der Waals surface area contributed by atoms with E-state index in [0.29, 0.717) is 4.47 Å². The second kappa shape index (κ2) is 6.00. The number of carboxylic acids is 1. The largest absolute Gasteiger partial charge is 0.486 e. The maximum Gasteiger partial charge on any atom is 0.338 e. The van der Waals surface area contributed by atoms with E-state index in [2.05, 4.69) is 15.9 Å². The molecule has 0 fully saturated rings. The number of carbonyl (C=O) groups is 1.